The summed E-state index contributed by atoms with van der Waals surface area (Å²) in [5, 5.41) is 14.3. The van der Waals surface area contributed by atoms with Crippen molar-refractivity contribution in [2.24, 2.45) is 5.10 Å². The number of benzene rings is 3. The van der Waals surface area contributed by atoms with Crippen LogP contribution in [0.15, 0.2) is 84.0 Å². The molecule has 2 N–H and O–H groups in total. The van der Waals surface area contributed by atoms with Crippen molar-refractivity contribution >= 4 is 35.9 Å². The van der Waals surface area contributed by atoms with Gasteiger partial charge in [-0.1, -0.05) is 72.3 Å². The molecule has 9 heteroatoms. The fraction of sp³-hybridized carbons (Fsp3) is 0.0833. The maximum Gasteiger partial charge on any atom is 0.251 e. The van der Waals surface area contributed by atoms with E-state index >= 15 is 0 Å². The van der Waals surface area contributed by atoms with E-state index in [-0.39, 0.29) is 21.3 Å². The predicted molar refractivity (Wildman–Crippen MR) is 129 cm³/mol. The van der Waals surface area contributed by atoms with Crippen molar-refractivity contribution < 1.29 is 9.18 Å². The summed E-state index contributed by atoms with van der Waals surface area (Å²) in [5.74, 6) is -0.466. The third-order valence-electron chi connectivity index (χ3n) is 4.90. The Morgan fingerprint density at radius 2 is 1.82 bits per heavy atom. The Morgan fingerprint density at radius 1 is 1.12 bits per heavy atom. The predicted octanol–water partition coefficient (Wildman–Crippen LogP) is 5.33. The van der Waals surface area contributed by atoms with Gasteiger partial charge in [0.05, 0.1) is 17.3 Å². The summed E-state index contributed by atoms with van der Waals surface area (Å²) >= 11 is 11.2. The first-order valence-corrected chi connectivity index (χ1v) is 10.9. The molecule has 1 aromatic heterocycles. The molecule has 1 atom stereocenters. The van der Waals surface area contributed by atoms with E-state index < -0.39 is 11.9 Å². The molecule has 0 bridgehead atoms. The Hall–Kier alpha value is -3.62. The molecule has 3 aromatic carbocycles. The van der Waals surface area contributed by atoms with E-state index in [4.69, 9.17) is 23.8 Å². The fourth-order valence-electron chi connectivity index (χ4n) is 3.27. The minimum absolute atomic E-state index is 0.00737. The van der Waals surface area contributed by atoms with Gasteiger partial charge in [-0.05, 0) is 36.0 Å². The van der Waals surface area contributed by atoms with Crippen molar-refractivity contribution in [3.8, 4) is 0 Å². The van der Waals surface area contributed by atoms with Crippen LogP contribution in [-0.2, 0) is 6.42 Å². The molecular weight excluding hydrogens is 461 g/mol. The lowest BCUT2D eigenvalue weighted by Crippen LogP contribution is -2.31. The van der Waals surface area contributed by atoms with E-state index in [1.807, 2.05) is 36.4 Å². The first-order chi connectivity index (χ1) is 16.0. The molecule has 166 valence electrons. The third kappa shape index (κ3) is 5.42. The number of rotatable bonds is 7. The molecule has 1 amide bonds. The standard InChI is InChI=1S/C24H19ClFN5OS/c25-19-13-7-12-18(21(19)26)15-27-31-22(29-30-24(31)33)20(14-16-8-3-1-4-9-16)28-23(32)17-10-5-2-6-11-17/h1-13,15,20H,14H2,(H,28,32)(H,30,33). The lowest BCUT2D eigenvalue weighted by Gasteiger charge is -2.18. The SMILES string of the molecule is O=C(NC(Cc1ccccc1)c1n[nH]c(=S)n1N=Cc1cccc(Cl)c1F)c1ccccc1. The summed E-state index contributed by atoms with van der Waals surface area (Å²) in [7, 11) is 0. The van der Waals surface area contributed by atoms with E-state index in [0.29, 0.717) is 17.8 Å². The van der Waals surface area contributed by atoms with Crippen molar-refractivity contribution in [3.05, 3.63) is 117 Å². The maximum atomic E-state index is 14.3. The van der Waals surface area contributed by atoms with E-state index in [0.717, 1.165) is 5.56 Å². The van der Waals surface area contributed by atoms with Gasteiger partial charge < -0.3 is 5.32 Å². The van der Waals surface area contributed by atoms with Gasteiger partial charge in [-0.2, -0.15) is 14.9 Å². The number of carbonyl (C=O) groups is 1. The van der Waals surface area contributed by atoms with E-state index in [1.54, 1.807) is 36.4 Å². The average Bonchev–Trinajstić information content (AvgIpc) is 3.21. The molecule has 0 radical (unpaired) electrons. The number of nitrogens with zero attached hydrogens (tertiary/aromatic N) is 3. The van der Waals surface area contributed by atoms with Gasteiger partial charge in [0.15, 0.2) is 11.6 Å². The number of H-pyrrole nitrogens is 1. The second-order valence-electron chi connectivity index (χ2n) is 7.17. The third-order valence-corrected chi connectivity index (χ3v) is 5.46. The second-order valence-corrected chi connectivity index (χ2v) is 7.96. The van der Waals surface area contributed by atoms with Crippen LogP contribution in [-0.4, -0.2) is 27.0 Å². The average molecular weight is 480 g/mol. The van der Waals surface area contributed by atoms with Gasteiger partial charge in [0, 0.05) is 17.5 Å². The monoisotopic (exact) mass is 479 g/mol. The topological polar surface area (TPSA) is 75.1 Å². The Kier molecular flexibility index (Phi) is 7.07. The molecular formula is C24H19ClFN5OS. The van der Waals surface area contributed by atoms with Gasteiger partial charge in [-0.25, -0.2) is 4.39 Å². The van der Waals surface area contributed by atoms with Crippen LogP contribution in [0.4, 0.5) is 4.39 Å². The number of amides is 1. The fourth-order valence-corrected chi connectivity index (χ4v) is 3.64. The summed E-state index contributed by atoms with van der Waals surface area (Å²) in [6.45, 7) is 0. The molecule has 0 aliphatic heterocycles. The highest BCUT2D eigenvalue weighted by atomic mass is 35.5. The normalized spacial score (nSPS) is 12.1. The number of nitrogens with one attached hydrogen (secondary N) is 2. The highest BCUT2D eigenvalue weighted by molar-refractivity contribution is 7.71. The summed E-state index contributed by atoms with van der Waals surface area (Å²) in [5.41, 5.74) is 1.70. The number of carbonyl (C=O) groups excluding carboxylic acids is 1. The van der Waals surface area contributed by atoms with Gasteiger partial charge in [0.2, 0.25) is 4.77 Å². The summed E-state index contributed by atoms with van der Waals surface area (Å²) < 4.78 is 15.9. The Morgan fingerprint density at radius 3 is 2.55 bits per heavy atom. The maximum absolute atomic E-state index is 14.3. The Labute approximate surface area is 199 Å². The molecule has 0 saturated carbocycles. The van der Waals surface area contributed by atoms with Gasteiger partial charge in [0.1, 0.15) is 0 Å². The van der Waals surface area contributed by atoms with E-state index in [1.165, 1.54) is 17.0 Å². The van der Waals surface area contributed by atoms with Crippen molar-refractivity contribution in [1.29, 1.82) is 0 Å². The first-order valence-electron chi connectivity index (χ1n) is 10.1. The Balaban J connectivity index is 1.69. The Bertz CT molecular complexity index is 1340. The lowest BCUT2D eigenvalue weighted by molar-refractivity contribution is 0.0934. The minimum Gasteiger partial charge on any atom is -0.342 e. The van der Waals surface area contributed by atoms with Crippen molar-refractivity contribution in [1.82, 2.24) is 20.2 Å². The van der Waals surface area contributed by atoms with Crippen molar-refractivity contribution in [3.63, 3.8) is 0 Å². The van der Waals surface area contributed by atoms with Gasteiger partial charge in [-0.3, -0.25) is 9.89 Å². The zero-order valence-corrected chi connectivity index (χ0v) is 18.9. The molecule has 6 nitrogen and oxygen atoms in total. The largest absolute Gasteiger partial charge is 0.342 e. The molecule has 1 heterocycles. The van der Waals surface area contributed by atoms with Crippen LogP contribution in [0.3, 0.4) is 0 Å². The molecule has 0 fully saturated rings. The highest BCUT2D eigenvalue weighted by Gasteiger charge is 2.22. The zero-order chi connectivity index (χ0) is 23.2. The molecule has 4 aromatic rings. The lowest BCUT2D eigenvalue weighted by atomic mass is 10.0. The summed E-state index contributed by atoms with van der Waals surface area (Å²) in [6.07, 6.45) is 1.76. The molecule has 33 heavy (non-hydrogen) atoms. The van der Waals surface area contributed by atoms with Crippen LogP contribution in [0.1, 0.15) is 33.4 Å². The summed E-state index contributed by atoms with van der Waals surface area (Å²) in [6, 6.07) is 22.6. The molecule has 0 spiro atoms. The van der Waals surface area contributed by atoms with Crippen LogP contribution in [0, 0.1) is 10.6 Å². The molecule has 1 unspecified atom stereocenters. The van der Waals surface area contributed by atoms with Crippen LogP contribution < -0.4 is 5.32 Å². The van der Waals surface area contributed by atoms with E-state index in [2.05, 4.69) is 20.6 Å². The number of halogens is 2. The van der Waals surface area contributed by atoms with Crippen molar-refractivity contribution in [2.75, 3.05) is 0 Å². The summed E-state index contributed by atoms with van der Waals surface area (Å²) in [4.78, 5) is 12.9. The molecule has 0 saturated heterocycles. The quantitative estimate of drug-likeness (QED) is 0.278. The van der Waals surface area contributed by atoms with Crippen LogP contribution in [0.5, 0.6) is 0 Å². The van der Waals surface area contributed by atoms with Crippen LogP contribution >= 0.6 is 23.8 Å². The van der Waals surface area contributed by atoms with Gasteiger partial charge in [0.25, 0.3) is 5.91 Å². The molecule has 0 aliphatic carbocycles. The molecule has 0 aliphatic rings. The van der Waals surface area contributed by atoms with Gasteiger partial charge in [-0.15, -0.1) is 0 Å². The van der Waals surface area contributed by atoms with Crippen LogP contribution in [0.25, 0.3) is 0 Å². The van der Waals surface area contributed by atoms with Gasteiger partial charge >= 0.3 is 0 Å². The smallest absolute Gasteiger partial charge is 0.251 e. The van der Waals surface area contributed by atoms with Crippen LogP contribution in [0.2, 0.25) is 5.02 Å². The molecule has 4 rings (SSSR count). The van der Waals surface area contributed by atoms with Crippen molar-refractivity contribution in [2.45, 2.75) is 12.5 Å². The number of aromatic nitrogens is 3. The second kappa shape index (κ2) is 10.3. The highest BCUT2D eigenvalue weighted by Crippen LogP contribution is 2.20. The number of hydrogen-bond donors (Lipinski definition) is 2. The number of aromatic amines is 1. The zero-order valence-electron chi connectivity index (χ0n) is 17.3. The first kappa shape index (κ1) is 22.6. The minimum atomic E-state index is -0.585. The number of hydrogen-bond acceptors (Lipinski definition) is 4. The van der Waals surface area contributed by atoms with E-state index in [9.17, 15) is 9.18 Å².